The minimum atomic E-state index is -0.902. The minimum absolute atomic E-state index is 0.0213. The van der Waals surface area contributed by atoms with Gasteiger partial charge < -0.3 is 24.3 Å². The number of hydrogen-bond acceptors (Lipinski definition) is 6. The van der Waals surface area contributed by atoms with E-state index in [9.17, 15) is 9.59 Å². The van der Waals surface area contributed by atoms with E-state index in [-0.39, 0.29) is 19.3 Å². The van der Waals surface area contributed by atoms with Gasteiger partial charge in [-0.25, -0.2) is 9.59 Å². The summed E-state index contributed by atoms with van der Waals surface area (Å²) in [7, 11) is 1.26. The largest absolute Gasteiger partial charge is 0.467 e. The Labute approximate surface area is 141 Å². The number of esters is 1. The molecule has 0 spiro atoms. The highest BCUT2D eigenvalue weighted by Crippen LogP contribution is 2.11. The van der Waals surface area contributed by atoms with Crippen molar-refractivity contribution in [3.05, 3.63) is 35.9 Å². The number of carbonyl (C=O) groups excluding carboxylic acids is 2. The molecule has 0 aliphatic carbocycles. The SMILES string of the molecule is COC(=O)[C@H](COC1CCOCC1)NC(=O)OCc1ccccc1. The summed E-state index contributed by atoms with van der Waals surface area (Å²) in [6.45, 7) is 1.44. The second-order valence-electron chi connectivity index (χ2n) is 5.43. The summed E-state index contributed by atoms with van der Waals surface area (Å²) in [6.07, 6.45) is 0.872. The normalized spacial score (nSPS) is 16.2. The second-order valence-corrected chi connectivity index (χ2v) is 5.43. The highest BCUT2D eigenvalue weighted by molar-refractivity contribution is 5.81. The smallest absolute Gasteiger partial charge is 0.408 e. The van der Waals surface area contributed by atoms with Crippen molar-refractivity contribution in [3.8, 4) is 0 Å². The molecule has 132 valence electrons. The Hall–Kier alpha value is -2.12. The zero-order chi connectivity index (χ0) is 17.2. The third-order valence-corrected chi connectivity index (χ3v) is 3.66. The molecule has 1 atom stereocenters. The number of ether oxygens (including phenoxy) is 4. The van der Waals surface area contributed by atoms with E-state index in [4.69, 9.17) is 18.9 Å². The number of methoxy groups -OCH3 is 1. The number of carbonyl (C=O) groups is 2. The van der Waals surface area contributed by atoms with Crippen molar-refractivity contribution in [2.75, 3.05) is 26.9 Å². The Balaban J connectivity index is 1.78. The molecule has 1 heterocycles. The number of benzene rings is 1. The summed E-state index contributed by atoms with van der Waals surface area (Å²) < 4.78 is 20.7. The lowest BCUT2D eigenvalue weighted by Gasteiger charge is -2.24. The third-order valence-electron chi connectivity index (χ3n) is 3.66. The quantitative estimate of drug-likeness (QED) is 0.762. The number of nitrogens with one attached hydrogen (secondary N) is 1. The van der Waals surface area contributed by atoms with Gasteiger partial charge >= 0.3 is 12.1 Å². The standard InChI is InChI=1S/C17H23NO6/c1-21-16(19)15(12-23-14-7-9-22-10-8-14)18-17(20)24-11-13-5-3-2-4-6-13/h2-6,14-15H,7-12H2,1H3,(H,18,20)/t15-/m0/s1. The lowest BCUT2D eigenvalue weighted by atomic mass is 10.1. The Kier molecular flexibility index (Phi) is 7.51. The molecule has 1 aliphatic heterocycles. The molecule has 0 radical (unpaired) electrons. The van der Waals surface area contributed by atoms with Crippen LogP contribution in [0.2, 0.25) is 0 Å². The van der Waals surface area contributed by atoms with E-state index >= 15 is 0 Å². The molecule has 0 aromatic heterocycles. The summed E-state index contributed by atoms with van der Waals surface area (Å²) in [5.41, 5.74) is 0.862. The van der Waals surface area contributed by atoms with Crippen LogP contribution in [0.5, 0.6) is 0 Å². The van der Waals surface area contributed by atoms with Gasteiger partial charge in [-0.3, -0.25) is 0 Å². The van der Waals surface area contributed by atoms with Crippen LogP contribution in [0.3, 0.4) is 0 Å². The Morgan fingerprint density at radius 3 is 2.62 bits per heavy atom. The van der Waals surface area contributed by atoms with E-state index in [2.05, 4.69) is 5.32 Å². The zero-order valence-electron chi connectivity index (χ0n) is 13.7. The monoisotopic (exact) mass is 337 g/mol. The summed E-state index contributed by atoms with van der Waals surface area (Å²) >= 11 is 0. The lowest BCUT2D eigenvalue weighted by Crippen LogP contribution is -2.45. The molecule has 1 N–H and O–H groups in total. The molecule has 1 saturated heterocycles. The maximum Gasteiger partial charge on any atom is 0.408 e. The predicted octanol–water partition coefficient (Wildman–Crippen LogP) is 1.65. The molecule has 0 saturated carbocycles. The Morgan fingerprint density at radius 1 is 1.25 bits per heavy atom. The van der Waals surface area contributed by atoms with Crippen molar-refractivity contribution in [2.24, 2.45) is 0 Å². The van der Waals surface area contributed by atoms with E-state index in [1.165, 1.54) is 7.11 Å². The number of rotatable bonds is 7. The van der Waals surface area contributed by atoms with Gasteiger partial charge in [0, 0.05) is 13.2 Å². The summed E-state index contributed by atoms with van der Waals surface area (Å²) in [5, 5.41) is 2.49. The summed E-state index contributed by atoms with van der Waals surface area (Å²) in [5.74, 6) is -0.571. The first-order chi connectivity index (χ1) is 11.7. The molecule has 7 heteroatoms. The molecule has 24 heavy (non-hydrogen) atoms. The highest BCUT2D eigenvalue weighted by Gasteiger charge is 2.25. The molecule has 0 bridgehead atoms. The van der Waals surface area contributed by atoms with Crippen LogP contribution in [-0.2, 0) is 30.3 Å². The van der Waals surface area contributed by atoms with Crippen molar-refractivity contribution < 1.29 is 28.5 Å². The third kappa shape index (κ3) is 6.17. The number of amides is 1. The fourth-order valence-electron chi connectivity index (χ4n) is 2.29. The van der Waals surface area contributed by atoms with Crippen LogP contribution in [0.1, 0.15) is 18.4 Å². The molecule has 1 amide bonds. The molecule has 1 fully saturated rings. The summed E-state index contributed by atoms with van der Waals surface area (Å²) in [4.78, 5) is 23.7. The zero-order valence-corrected chi connectivity index (χ0v) is 13.7. The molecular formula is C17H23NO6. The van der Waals surface area contributed by atoms with Crippen molar-refractivity contribution in [1.29, 1.82) is 0 Å². The van der Waals surface area contributed by atoms with Crippen molar-refractivity contribution in [2.45, 2.75) is 31.6 Å². The average Bonchev–Trinajstić information content (AvgIpc) is 2.64. The van der Waals surface area contributed by atoms with Crippen molar-refractivity contribution in [1.82, 2.24) is 5.32 Å². The highest BCUT2D eigenvalue weighted by atomic mass is 16.6. The van der Waals surface area contributed by atoms with E-state index < -0.39 is 18.1 Å². The van der Waals surface area contributed by atoms with Gasteiger partial charge in [0.05, 0.1) is 19.8 Å². The Morgan fingerprint density at radius 2 is 1.96 bits per heavy atom. The van der Waals surface area contributed by atoms with Crippen LogP contribution in [0.25, 0.3) is 0 Å². The van der Waals surface area contributed by atoms with Gasteiger partial charge in [0.2, 0.25) is 0 Å². The lowest BCUT2D eigenvalue weighted by molar-refractivity contribution is -0.145. The first kappa shape index (κ1) is 18.2. The van der Waals surface area contributed by atoms with E-state index in [0.717, 1.165) is 18.4 Å². The average molecular weight is 337 g/mol. The summed E-state index contributed by atoms with van der Waals surface area (Å²) in [6, 6.07) is 8.38. The Bertz CT molecular complexity index is 515. The topological polar surface area (TPSA) is 83.1 Å². The molecule has 1 aromatic rings. The van der Waals surface area contributed by atoms with Crippen LogP contribution in [-0.4, -0.2) is 51.1 Å². The fraction of sp³-hybridized carbons (Fsp3) is 0.529. The fourth-order valence-corrected chi connectivity index (χ4v) is 2.29. The molecule has 7 nitrogen and oxygen atoms in total. The number of hydrogen-bond donors (Lipinski definition) is 1. The van der Waals surface area contributed by atoms with Gasteiger partial charge in [0.25, 0.3) is 0 Å². The van der Waals surface area contributed by atoms with Crippen LogP contribution in [0.15, 0.2) is 30.3 Å². The van der Waals surface area contributed by atoms with Gasteiger partial charge in [-0.1, -0.05) is 30.3 Å². The van der Waals surface area contributed by atoms with Crippen LogP contribution < -0.4 is 5.32 Å². The predicted molar refractivity (Wildman–Crippen MR) is 85.4 cm³/mol. The molecule has 2 rings (SSSR count). The first-order valence-corrected chi connectivity index (χ1v) is 7.93. The van der Waals surface area contributed by atoms with Gasteiger partial charge in [-0.15, -0.1) is 0 Å². The van der Waals surface area contributed by atoms with Gasteiger partial charge in [-0.2, -0.15) is 0 Å². The van der Waals surface area contributed by atoms with Crippen molar-refractivity contribution >= 4 is 12.1 Å². The molecule has 1 aromatic carbocycles. The molecule has 0 unspecified atom stereocenters. The van der Waals surface area contributed by atoms with Crippen LogP contribution in [0, 0.1) is 0 Å². The van der Waals surface area contributed by atoms with Crippen molar-refractivity contribution in [3.63, 3.8) is 0 Å². The van der Waals surface area contributed by atoms with Gasteiger partial charge in [-0.05, 0) is 18.4 Å². The van der Waals surface area contributed by atoms with Gasteiger partial charge in [0.15, 0.2) is 6.04 Å². The van der Waals surface area contributed by atoms with Crippen LogP contribution in [0.4, 0.5) is 4.79 Å². The maximum atomic E-state index is 11.9. The molecular weight excluding hydrogens is 314 g/mol. The van der Waals surface area contributed by atoms with E-state index in [0.29, 0.717) is 13.2 Å². The van der Waals surface area contributed by atoms with Gasteiger partial charge in [0.1, 0.15) is 6.61 Å². The minimum Gasteiger partial charge on any atom is -0.467 e. The van der Waals surface area contributed by atoms with E-state index in [1.54, 1.807) is 0 Å². The number of alkyl carbamates (subject to hydrolysis) is 1. The van der Waals surface area contributed by atoms with Crippen LogP contribution >= 0.6 is 0 Å². The maximum absolute atomic E-state index is 11.9. The molecule has 1 aliphatic rings. The second kappa shape index (κ2) is 9.89. The van der Waals surface area contributed by atoms with E-state index in [1.807, 2.05) is 30.3 Å². The first-order valence-electron chi connectivity index (χ1n) is 7.93.